The first-order chi connectivity index (χ1) is 5.83. The predicted molar refractivity (Wildman–Crippen MR) is 55.6 cm³/mol. The Hall–Kier alpha value is -0.470. The Balaban J connectivity index is 2.37. The highest BCUT2D eigenvalue weighted by atomic mass is 32.2. The summed E-state index contributed by atoms with van der Waals surface area (Å²) < 4.78 is 0. The van der Waals surface area contributed by atoms with E-state index in [2.05, 4.69) is 43.4 Å². The highest BCUT2D eigenvalue weighted by Crippen LogP contribution is 2.16. The van der Waals surface area contributed by atoms with Crippen LogP contribution in [0.25, 0.3) is 0 Å². The van der Waals surface area contributed by atoms with Gasteiger partial charge in [-0.2, -0.15) is 0 Å². The fourth-order valence-corrected chi connectivity index (χ4v) is 1.67. The lowest BCUT2D eigenvalue weighted by molar-refractivity contribution is 0.839. The third-order valence-corrected chi connectivity index (χ3v) is 2.57. The van der Waals surface area contributed by atoms with Gasteiger partial charge in [-0.3, -0.25) is 0 Å². The summed E-state index contributed by atoms with van der Waals surface area (Å²) in [6, 6.07) is 8.62. The second-order valence-electron chi connectivity index (χ2n) is 2.71. The molecular formula is C10H15NS. The molecule has 12 heavy (non-hydrogen) atoms. The molecule has 0 unspecified atom stereocenters. The van der Waals surface area contributed by atoms with Crippen molar-refractivity contribution >= 4 is 11.8 Å². The molecule has 0 saturated carbocycles. The minimum Gasteiger partial charge on any atom is -0.308 e. The highest BCUT2D eigenvalue weighted by molar-refractivity contribution is 7.99. The van der Waals surface area contributed by atoms with Gasteiger partial charge in [0, 0.05) is 10.8 Å². The normalized spacial score (nSPS) is 10.2. The third-order valence-electron chi connectivity index (χ3n) is 1.61. The van der Waals surface area contributed by atoms with Crippen molar-refractivity contribution in [3.8, 4) is 0 Å². The zero-order valence-corrected chi connectivity index (χ0v) is 8.45. The molecule has 0 amide bonds. The van der Waals surface area contributed by atoms with Crippen LogP contribution in [0.5, 0.6) is 0 Å². The Morgan fingerprint density at radius 1 is 1.25 bits per heavy atom. The van der Waals surface area contributed by atoms with Crippen molar-refractivity contribution in [2.75, 3.05) is 12.4 Å². The quantitative estimate of drug-likeness (QED) is 0.435. The molecule has 1 N–H and O–H groups in total. The van der Waals surface area contributed by atoms with Gasteiger partial charge in [-0.1, -0.05) is 24.6 Å². The molecule has 0 aliphatic rings. The van der Waals surface area contributed by atoms with Crippen molar-refractivity contribution in [1.29, 1.82) is 0 Å². The van der Waals surface area contributed by atoms with Crippen LogP contribution in [0, 0.1) is 6.92 Å². The van der Waals surface area contributed by atoms with Crippen LogP contribution in [0.15, 0.2) is 29.2 Å². The summed E-state index contributed by atoms with van der Waals surface area (Å²) in [5, 5.41) is 3.27. The Morgan fingerprint density at radius 3 is 2.50 bits per heavy atom. The lowest BCUT2D eigenvalue weighted by Gasteiger charge is -2.01. The number of aryl methyl sites for hydroxylation is 1. The van der Waals surface area contributed by atoms with Crippen LogP contribution in [0.1, 0.15) is 12.5 Å². The van der Waals surface area contributed by atoms with Crippen molar-refractivity contribution in [2.45, 2.75) is 18.7 Å². The van der Waals surface area contributed by atoms with Crippen LogP contribution >= 0.6 is 11.8 Å². The summed E-state index contributed by atoms with van der Waals surface area (Å²) >= 11 is 1.84. The van der Waals surface area contributed by atoms with E-state index < -0.39 is 0 Å². The number of nitrogens with one attached hydrogen (secondary N) is 1. The molecular weight excluding hydrogens is 166 g/mol. The molecule has 0 bridgehead atoms. The van der Waals surface area contributed by atoms with E-state index in [0.717, 1.165) is 12.4 Å². The minimum atomic E-state index is 1.000. The first-order valence-corrected chi connectivity index (χ1v) is 5.21. The minimum absolute atomic E-state index is 1.000. The lowest BCUT2D eigenvalue weighted by Crippen LogP contribution is -2.10. The molecule has 1 nitrogen and oxygen atoms in total. The van der Waals surface area contributed by atoms with E-state index in [-0.39, 0.29) is 0 Å². The summed E-state index contributed by atoms with van der Waals surface area (Å²) in [5.74, 6) is 1.000. The maximum atomic E-state index is 3.27. The van der Waals surface area contributed by atoms with Gasteiger partial charge < -0.3 is 5.32 Å². The number of hydrogen-bond acceptors (Lipinski definition) is 2. The van der Waals surface area contributed by atoms with E-state index in [4.69, 9.17) is 0 Å². The van der Waals surface area contributed by atoms with E-state index in [1.807, 2.05) is 11.8 Å². The summed E-state index contributed by atoms with van der Waals surface area (Å²) in [6.45, 7) is 5.27. The van der Waals surface area contributed by atoms with Gasteiger partial charge in [0.15, 0.2) is 0 Å². The Labute approximate surface area is 78.6 Å². The number of thioether (sulfide) groups is 1. The molecule has 0 spiro atoms. The summed E-state index contributed by atoms with van der Waals surface area (Å²) in [5.41, 5.74) is 1.32. The average Bonchev–Trinajstić information content (AvgIpc) is 2.09. The zero-order valence-electron chi connectivity index (χ0n) is 7.63. The van der Waals surface area contributed by atoms with Crippen molar-refractivity contribution in [3.63, 3.8) is 0 Å². The molecule has 0 heterocycles. The second-order valence-corrected chi connectivity index (χ2v) is 3.75. The molecule has 66 valence electrons. The molecule has 0 atom stereocenters. The monoisotopic (exact) mass is 181 g/mol. The van der Waals surface area contributed by atoms with Crippen molar-refractivity contribution in [1.82, 2.24) is 5.32 Å². The Morgan fingerprint density at radius 2 is 1.92 bits per heavy atom. The fourth-order valence-electron chi connectivity index (χ4n) is 0.871. The molecule has 1 rings (SSSR count). The van der Waals surface area contributed by atoms with Crippen LogP contribution in [0.4, 0.5) is 0 Å². The van der Waals surface area contributed by atoms with Gasteiger partial charge in [-0.15, -0.1) is 11.8 Å². The predicted octanol–water partition coefficient (Wildman–Crippen LogP) is 2.65. The van der Waals surface area contributed by atoms with E-state index in [9.17, 15) is 0 Å². The van der Waals surface area contributed by atoms with Crippen LogP contribution < -0.4 is 5.32 Å². The zero-order chi connectivity index (χ0) is 8.81. The maximum absolute atomic E-state index is 3.27. The van der Waals surface area contributed by atoms with Gasteiger partial charge in [0.1, 0.15) is 0 Å². The third kappa shape index (κ3) is 3.28. The molecule has 0 fully saturated rings. The first-order valence-electron chi connectivity index (χ1n) is 4.23. The van der Waals surface area contributed by atoms with E-state index in [1.54, 1.807) is 0 Å². The molecule has 0 saturated heterocycles. The molecule has 2 heteroatoms. The van der Waals surface area contributed by atoms with Gasteiger partial charge in [-0.25, -0.2) is 0 Å². The van der Waals surface area contributed by atoms with Gasteiger partial charge in [0.25, 0.3) is 0 Å². The van der Waals surface area contributed by atoms with Gasteiger partial charge >= 0.3 is 0 Å². The van der Waals surface area contributed by atoms with Gasteiger partial charge in [-0.05, 0) is 25.6 Å². The topological polar surface area (TPSA) is 12.0 Å². The average molecular weight is 181 g/mol. The van der Waals surface area contributed by atoms with Crippen molar-refractivity contribution in [3.05, 3.63) is 29.8 Å². The van der Waals surface area contributed by atoms with Crippen molar-refractivity contribution in [2.24, 2.45) is 0 Å². The molecule has 1 aromatic carbocycles. The summed E-state index contributed by atoms with van der Waals surface area (Å²) in [4.78, 5) is 1.33. The summed E-state index contributed by atoms with van der Waals surface area (Å²) in [7, 11) is 0. The van der Waals surface area contributed by atoms with Gasteiger partial charge in [0.05, 0.1) is 0 Å². The Bertz CT molecular complexity index is 218. The smallest absolute Gasteiger partial charge is 0.0465 e. The lowest BCUT2D eigenvalue weighted by atomic mass is 10.2. The maximum Gasteiger partial charge on any atom is 0.0465 e. The van der Waals surface area contributed by atoms with E-state index in [1.165, 1.54) is 10.5 Å². The largest absolute Gasteiger partial charge is 0.308 e. The highest BCUT2D eigenvalue weighted by Gasteiger charge is 1.91. The molecule has 0 aliphatic carbocycles. The number of hydrogen-bond donors (Lipinski definition) is 1. The number of benzene rings is 1. The van der Waals surface area contributed by atoms with E-state index in [0.29, 0.717) is 0 Å². The second kappa shape index (κ2) is 5.22. The van der Waals surface area contributed by atoms with Crippen LogP contribution in [0.2, 0.25) is 0 Å². The molecule has 0 radical (unpaired) electrons. The molecule has 0 aliphatic heterocycles. The Kier molecular flexibility index (Phi) is 4.19. The summed E-state index contributed by atoms with van der Waals surface area (Å²) in [6.07, 6.45) is 0. The van der Waals surface area contributed by atoms with Crippen LogP contribution in [-0.2, 0) is 0 Å². The van der Waals surface area contributed by atoms with Crippen LogP contribution in [0.3, 0.4) is 0 Å². The molecule has 0 aromatic heterocycles. The SMILES string of the molecule is CCNCSc1ccc(C)cc1. The van der Waals surface area contributed by atoms with Crippen molar-refractivity contribution < 1.29 is 0 Å². The molecule has 1 aromatic rings. The first kappa shape index (κ1) is 9.62. The van der Waals surface area contributed by atoms with Crippen LogP contribution in [-0.4, -0.2) is 12.4 Å². The number of rotatable bonds is 4. The van der Waals surface area contributed by atoms with E-state index >= 15 is 0 Å². The van der Waals surface area contributed by atoms with Gasteiger partial charge in [0.2, 0.25) is 0 Å². The fraction of sp³-hybridized carbons (Fsp3) is 0.400. The standard InChI is InChI=1S/C10H15NS/c1-3-11-8-12-10-6-4-9(2)5-7-10/h4-7,11H,3,8H2,1-2H3.